The maximum atomic E-state index is 12.1. The Balaban J connectivity index is 1.42. The number of ether oxygens (including phenoxy) is 3. The zero-order valence-electron chi connectivity index (χ0n) is 19.1. The summed E-state index contributed by atoms with van der Waals surface area (Å²) >= 11 is 3.38. The van der Waals surface area contributed by atoms with Gasteiger partial charge in [0.15, 0.2) is 0 Å². The fourth-order valence-electron chi connectivity index (χ4n) is 4.14. The number of benzene rings is 2. The minimum absolute atomic E-state index is 0.0771. The Morgan fingerprint density at radius 2 is 1.78 bits per heavy atom. The first kappa shape index (κ1) is 24.7. The first-order valence-electron chi connectivity index (χ1n) is 11.4. The Morgan fingerprint density at radius 3 is 2.50 bits per heavy atom. The van der Waals surface area contributed by atoms with Crippen LogP contribution in [0.2, 0.25) is 0 Å². The molecule has 32 heavy (non-hydrogen) atoms. The molecular weight excluding hydrogens is 470 g/mol. The van der Waals surface area contributed by atoms with Crippen molar-refractivity contribution in [2.24, 2.45) is 17.8 Å². The first-order valence-corrected chi connectivity index (χ1v) is 12.2. The van der Waals surface area contributed by atoms with Crippen LogP contribution >= 0.6 is 15.9 Å². The van der Waals surface area contributed by atoms with Gasteiger partial charge in [-0.25, -0.2) is 4.79 Å². The lowest BCUT2D eigenvalue weighted by Gasteiger charge is -2.40. The molecule has 1 amide bonds. The van der Waals surface area contributed by atoms with Gasteiger partial charge in [-0.2, -0.15) is 0 Å². The number of carbonyl (C=O) groups excluding carboxylic acids is 1. The summed E-state index contributed by atoms with van der Waals surface area (Å²) in [4.78, 5) is 12.1. The SMILES string of the molecule is C[C@H](COC(=O)Nc1ccc(Br)cc1)[C@@H]1CC[C@H](C)[C@H]([C@@H](C)COCc2ccccc2)O1. The van der Waals surface area contributed by atoms with E-state index in [-0.39, 0.29) is 18.1 Å². The highest BCUT2D eigenvalue weighted by atomic mass is 79.9. The molecule has 0 aromatic heterocycles. The van der Waals surface area contributed by atoms with E-state index >= 15 is 0 Å². The average Bonchev–Trinajstić information content (AvgIpc) is 2.80. The molecule has 0 saturated carbocycles. The van der Waals surface area contributed by atoms with Crippen LogP contribution in [0.4, 0.5) is 10.5 Å². The van der Waals surface area contributed by atoms with E-state index in [1.807, 2.05) is 42.5 Å². The smallest absolute Gasteiger partial charge is 0.411 e. The van der Waals surface area contributed by atoms with Gasteiger partial charge in [-0.3, -0.25) is 5.32 Å². The summed E-state index contributed by atoms with van der Waals surface area (Å²) in [6, 6.07) is 17.6. The Labute approximate surface area is 200 Å². The molecule has 0 aliphatic carbocycles. The Kier molecular flexibility index (Phi) is 9.57. The third-order valence-electron chi connectivity index (χ3n) is 6.06. The third-order valence-corrected chi connectivity index (χ3v) is 6.58. The van der Waals surface area contributed by atoms with E-state index in [9.17, 15) is 4.79 Å². The van der Waals surface area contributed by atoms with Gasteiger partial charge in [-0.15, -0.1) is 0 Å². The second-order valence-electron chi connectivity index (χ2n) is 8.88. The molecule has 2 aromatic rings. The molecule has 1 saturated heterocycles. The van der Waals surface area contributed by atoms with Gasteiger partial charge in [-0.05, 0) is 48.6 Å². The quantitative estimate of drug-likeness (QED) is 0.415. The normalized spacial score (nSPS) is 22.7. The van der Waals surface area contributed by atoms with E-state index in [1.165, 1.54) is 5.56 Å². The number of halogens is 1. The van der Waals surface area contributed by atoms with Gasteiger partial charge >= 0.3 is 6.09 Å². The van der Waals surface area contributed by atoms with E-state index in [2.05, 4.69) is 54.2 Å². The van der Waals surface area contributed by atoms with Gasteiger partial charge in [0.2, 0.25) is 0 Å². The number of anilines is 1. The molecule has 1 N–H and O–H groups in total. The lowest BCUT2D eigenvalue weighted by Crippen LogP contribution is -2.43. The maximum Gasteiger partial charge on any atom is 0.411 e. The molecule has 174 valence electrons. The highest BCUT2D eigenvalue weighted by Gasteiger charge is 2.35. The molecule has 3 rings (SSSR count). The number of carbonyl (C=O) groups is 1. The van der Waals surface area contributed by atoms with Crippen molar-refractivity contribution in [2.45, 2.75) is 52.4 Å². The van der Waals surface area contributed by atoms with Crippen molar-refractivity contribution in [2.75, 3.05) is 18.5 Å². The van der Waals surface area contributed by atoms with Gasteiger partial charge in [0, 0.05) is 22.0 Å². The van der Waals surface area contributed by atoms with E-state index in [0.29, 0.717) is 37.3 Å². The van der Waals surface area contributed by atoms with Crippen LogP contribution in [0.15, 0.2) is 59.1 Å². The fourth-order valence-corrected chi connectivity index (χ4v) is 4.41. The predicted molar refractivity (Wildman–Crippen MR) is 131 cm³/mol. The van der Waals surface area contributed by atoms with Crippen LogP contribution in [0.3, 0.4) is 0 Å². The average molecular weight is 504 g/mol. The highest BCUT2D eigenvalue weighted by molar-refractivity contribution is 9.10. The van der Waals surface area contributed by atoms with Crippen LogP contribution in [0.1, 0.15) is 39.2 Å². The van der Waals surface area contributed by atoms with Gasteiger partial charge in [-0.1, -0.05) is 67.0 Å². The van der Waals surface area contributed by atoms with Crippen LogP contribution in [0.25, 0.3) is 0 Å². The van der Waals surface area contributed by atoms with Crippen LogP contribution in [0, 0.1) is 17.8 Å². The molecule has 6 heteroatoms. The summed E-state index contributed by atoms with van der Waals surface area (Å²) in [5.41, 5.74) is 1.89. The highest BCUT2D eigenvalue weighted by Crippen LogP contribution is 2.33. The lowest BCUT2D eigenvalue weighted by molar-refractivity contribution is -0.136. The molecule has 0 radical (unpaired) electrons. The number of nitrogens with one attached hydrogen (secondary N) is 1. The summed E-state index contributed by atoms with van der Waals surface area (Å²) in [7, 11) is 0. The fraction of sp³-hybridized carbons (Fsp3) is 0.500. The second kappa shape index (κ2) is 12.4. The van der Waals surface area contributed by atoms with Crippen molar-refractivity contribution in [3.8, 4) is 0 Å². The Bertz CT molecular complexity index is 829. The summed E-state index contributed by atoms with van der Waals surface area (Å²) in [6.07, 6.45) is 1.86. The molecule has 1 aliphatic heterocycles. The minimum atomic E-state index is -0.442. The zero-order chi connectivity index (χ0) is 22.9. The van der Waals surface area contributed by atoms with Gasteiger partial charge in [0.1, 0.15) is 0 Å². The van der Waals surface area contributed by atoms with E-state index in [0.717, 1.165) is 17.3 Å². The summed E-state index contributed by atoms with van der Waals surface area (Å²) in [5.74, 6) is 0.902. The number of rotatable bonds is 9. The molecule has 1 heterocycles. The van der Waals surface area contributed by atoms with Crippen molar-refractivity contribution in [1.82, 2.24) is 0 Å². The van der Waals surface area contributed by atoms with Crippen molar-refractivity contribution in [3.63, 3.8) is 0 Å². The predicted octanol–water partition coefficient (Wildman–Crippen LogP) is 6.67. The lowest BCUT2D eigenvalue weighted by atomic mass is 9.84. The van der Waals surface area contributed by atoms with Crippen molar-refractivity contribution in [3.05, 3.63) is 64.6 Å². The van der Waals surface area contributed by atoms with Crippen LogP contribution in [-0.2, 0) is 20.8 Å². The van der Waals surface area contributed by atoms with Crippen LogP contribution in [0.5, 0.6) is 0 Å². The maximum absolute atomic E-state index is 12.1. The third kappa shape index (κ3) is 7.61. The van der Waals surface area contributed by atoms with Gasteiger partial charge in [0.05, 0.1) is 32.0 Å². The molecule has 0 unspecified atom stereocenters. The minimum Gasteiger partial charge on any atom is -0.449 e. The molecule has 1 fully saturated rings. The van der Waals surface area contributed by atoms with E-state index in [1.54, 1.807) is 0 Å². The van der Waals surface area contributed by atoms with Crippen molar-refractivity contribution >= 4 is 27.7 Å². The Hall–Kier alpha value is -1.89. The van der Waals surface area contributed by atoms with E-state index < -0.39 is 6.09 Å². The summed E-state index contributed by atoms with van der Waals surface area (Å²) in [5, 5.41) is 2.76. The molecule has 5 atom stereocenters. The number of amides is 1. The molecule has 1 aliphatic rings. The zero-order valence-corrected chi connectivity index (χ0v) is 20.7. The second-order valence-corrected chi connectivity index (χ2v) is 9.80. The topological polar surface area (TPSA) is 56.8 Å². The molecule has 0 bridgehead atoms. The largest absolute Gasteiger partial charge is 0.449 e. The van der Waals surface area contributed by atoms with Gasteiger partial charge in [0.25, 0.3) is 0 Å². The van der Waals surface area contributed by atoms with Crippen molar-refractivity contribution in [1.29, 1.82) is 0 Å². The summed E-state index contributed by atoms with van der Waals surface area (Å²) in [6.45, 7) is 8.14. The summed E-state index contributed by atoms with van der Waals surface area (Å²) < 4.78 is 18.9. The van der Waals surface area contributed by atoms with E-state index in [4.69, 9.17) is 14.2 Å². The van der Waals surface area contributed by atoms with Crippen molar-refractivity contribution < 1.29 is 19.0 Å². The molecule has 5 nitrogen and oxygen atoms in total. The number of hydrogen-bond donors (Lipinski definition) is 1. The van der Waals surface area contributed by atoms with Crippen LogP contribution in [-0.4, -0.2) is 31.5 Å². The first-order chi connectivity index (χ1) is 15.4. The van der Waals surface area contributed by atoms with Crippen LogP contribution < -0.4 is 5.32 Å². The monoisotopic (exact) mass is 503 g/mol. The van der Waals surface area contributed by atoms with Gasteiger partial charge < -0.3 is 14.2 Å². The Morgan fingerprint density at radius 1 is 1.06 bits per heavy atom. The molecule has 0 spiro atoms. The standard InChI is InChI=1S/C26H34BrNO4/c1-18-9-14-24(19(2)16-31-26(29)28-23-12-10-22(27)11-13-23)32-25(18)20(3)15-30-17-21-7-5-4-6-8-21/h4-8,10-13,18-20,24-25H,9,14-17H2,1-3H3,(H,28,29)/t18-,19+,20-,24-,25+/m0/s1. The number of hydrogen-bond acceptors (Lipinski definition) is 4. The molecular formula is C26H34BrNO4. The molecule has 2 aromatic carbocycles.